The van der Waals surface area contributed by atoms with Gasteiger partial charge in [0, 0.05) is 24.6 Å². The number of carbonyl (C=O) groups excluding carboxylic acids is 2. The van der Waals surface area contributed by atoms with E-state index in [2.05, 4.69) is 5.32 Å². The summed E-state index contributed by atoms with van der Waals surface area (Å²) < 4.78 is 38.7. The van der Waals surface area contributed by atoms with Crippen LogP contribution in [0.4, 0.5) is 0 Å². The van der Waals surface area contributed by atoms with Gasteiger partial charge in [-0.2, -0.15) is 4.31 Å². The molecule has 2 aromatic rings. The molecule has 1 saturated heterocycles. The van der Waals surface area contributed by atoms with Gasteiger partial charge < -0.3 is 14.8 Å². The Balaban J connectivity index is 1.27. The summed E-state index contributed by atoms with van der Waals surface area (Å²) in [6.45, 7) is 2.66. The number of benzene rings is 2. The number of para-hydroxylation sites is 2. The summed E-state index contributed by atoms with van der Waals surface area (Å²) in [6, 6.07) is 13.3. The number of amides is 1. The normalized spacial score (nSPS) is 19.3. The topological polar surface area (TPSA) is 102 Å². The van der Waals surface area contributed by atoms with E-state index in [-0.39, 0.29) is 41.7 Å². The van der Waals surface area contributed by atoms with Gasteiger partial charge in [0.15, 0.2) is 17.3 Å². The largest absolute Gasteiger partial charge is 0.486 e. The second-order valence-corrected chi connectivity index (χ2v) is 9.94. The molecule has 9 heteroatoms. The number of hydrogen-bond acceptors (Lipinski definition) is 6. The van der Waals surface area contributed by atoms with Crippen LogP contribution >= 0.6 is 0 Å². The van der Waals surface area contributed by atoms with Crippen molar-refractivity contribution in [2.45, 2.75) is 30.8 Å². The van der Waals surface area contributed by atoms with Crippen LogP contribution in [0.25, 0.3) is 0 Å². The minimum atomic E-state index is -3.66. The average molecular weight is 459 g/mol. The molecule has 0 aliphatic carbocycles. The van der Waals surface area contributed by atoms with Crippen molar-refractivity contribution in [3.05, 3.63) is 54.1 Å². The summed E-state index contributed by atoms with van der Waals surface area (Å²) in [4.78, 5) is 24.2. The predicted molar refractivity (Wildman–Crippen MR) is 117 cm³/mol. The maximum absolute atomic E-state index is 12.9. The standard InChI is InChI=1S/C23H26N2O6S/c1-16(26)17-6-8-20(9-7-17)32(28,29)25-12-10-18(11-13-25)23(27)24-14-19-15-30-21-4-2-3-5-22(21)31-19/h2-9,18-19H,10-15H2,1H3,(H,24,27)/t19-/m0/s1. The number of carbonyl (C=O) groups is 2. The highest BCUT2D eigenvalue weighted by atomic mass is 32.2. The van der Waals surface area contributed by atoms with Crippen molar-refractivity contribution in [3.63, 3.8) is 0 Å². The van der Waals surface area contributed by atoms with Crippen molar-refractivity contribution < 1.29 is 27.5 Å². The maximum atomic E-state index is 12.9. The minimum absolute atomic E-state index is 0.102. The Morgan fingerprint density at radius 1 is 1.03 bits per heavy atom. The van der Waals surface area contributed by atoms with Crippen LogP contribution in [-0.2, 0) is 14.8 Å². The fourth-order valence-corrected chi connectivity index (χ4v) is 5.36. The van der Waals surface area contributed by atoms with Crippen molar-refractivity contribution in [3.8, 4) is 11.5 Å². The zero-order valence-corrected chi connectivity index (χ0v) is 18.6. The maximum Gasteiger partial charge on any atom is 0.243 e. The molecule has 1 N–H and O–H groups in total. The SMILES string of the molecule is CC(=O)c1ccc(S(=O)(=O)N2CCC(C(=O)NC[C@H]3COc4ccccc4O3)CC2)cc1. The Bertz CT molecular complexity index is 1090. The lowest BCUT2D eigenvalue weighted by atomic mass is 9.97. The van der Waals surface area contributed by atoms with Gasteiger partial charge in [0.25, 0.3) is 0 Å². The molecular weight excluding hydrogens is 432 g/mol. The number of fused-ring (bicyclic) bond motifs is 1. The molecule has 2 aliphatic heterocycles. The third-order valence-electron chi connectivity index (χ3n) is 5.79. The fraction of sp³-hybridized carbons (Fsp3) is 0.391. The van der Waals surface area contributed by atoms with E-state index in [1.54, 1.807) is 0 Å². The number of sulfonamides is 1. The van der Waals surface area contributed by atoms with Crippen LogP contribution in [0, 0.1) is 5.92 Å². The van der Waals surface area contributed by atoms with Gasteiger partial charge in [-0.15, -0.1) is 0 Å². The summed E-state index contributed by atoms with van der Waals surface area (Å²) in [7, 11) is -3.66. The average Bonchev–Trinajstić information content (AvgIpc) is 2.82. The highest BCUT2D eigenvalue weighted by molar-refractivity contribution is 7.89. The molecule has 170 valence electrons. The lowest BCUT2D eigenvalue weighted by Crippen LogP contribution is -2.46. The molecule has 0 bridgehead atoms. The van der Waals surface area contributed by atoms with Crippen LogP contribution in [0.2, 0.25) is 0 Å². The second kappa shape index (κ2) is 9.30. The van der Waals surface area contributed by atoms with Gasteiger partial charge in [-0.05, 0) is 44.0 Å². The first-order valence-electron chi connectivity index (χ1n) is 10.6. The highest BCUT2D eigenvalue weighted by Crippen LogP contribution is 2.31. The van der Waals surface area contributed by atoms with Crippen LogP contribution in [0.5, 0.6) is 11.5 Å². The van der Waals surface area contributed by atoms with Crippen LogP contribution in [0.3, 0.4) is 0 Å². The molecule has 4 rings (SSSR count). The Hall–Kier alpha value is -2.91. The van der Waals surface area contributed by atoms with E-state index in [1.165, 1.54) is 35.5 Å². The third kappa shape index (κ3) is 4.78. The molecule has 0 saturated carbocycles. The third-order valence-corrected chi connectivity index (χ3v) is 7.71. The number of rotatable bonds is 6. The van der Waals surface area contributed by atoms with Crippen molar-refractivity contribution in [1.82, 2.24) is 9.62 Å². The minimum Gasteiger partial charge on any atom is -0.486 e. The van der Waals surface area contributed by atoms with Crippen LogP contribution < -0.4 is 14.8 Å². The van der Waals surface area contributed by atoms with Gasteiger partial charge >= 0.3 is 0 Å². The molecule has 0 aromatic heterocycles. The van der Waals surface area contributed by atoms with Gasteiger partial charge in [-0.25, -0.2) is 8.42 Å². The molecule has 0 radical (unpaired) electrons. The molecule has 1 amide bonds. The number of hydrogen-bond donors (Lipinski definition) is 1. The van der Waals surface area contributed by atoms with Gasteiger partial charge in [0.2, 0.25) is 15.9 Å². The van der Waals surface area contributed by atoms with Gasteiger partial charge in [0.1, 0.15) is 12.7 Å². The molecule has 8 nitrogen and oxygen atoms in total. The van der Waals surface area contributed by atoms with E-state index in [4.69, 9.17) is 9.47 Å². The summed E-state index contributed by atoms with van der Waals surface area (Å²) in [6.07, 6.45) is 0.621. The first-order chi connectivity index (χ1) is 15.3. The van der Waals surface area contributed by atoms with E-state index in [0.717, 1.165) is 0 Å². The van der Waals surface area contributed by atoms with E-state index in [1.807, 2.05) is 24.3 Å². The van der Waals surface area contributed by atoms with Crippen molar-refractivity contribution in [2.24, 2.45) is 5.92 Å². The van der Waals surface area contributed by atoms with Crippen LogP contribution in [0.15, 0.2) is 53.4 Å². The summed E-state index contributed by atoms with van der Waals surface area (Å²) in [5.41, 5.74) is 0.468. The zero-order chi connectivity index (χ0) is 22.7. The Labute approximate surface area is 187 Å². The Kier molecular flexibility index (Phi) is 6.48. The first kappa shape index (κ1) is 22.3. The van der Waals surface area contributed by atoms with Crippen molar-refractivity contribution in [2.75, 3.05) is 26.2 Å². The molecule has 32 heavy (non-hydrogen) atoms. The molecule has 1 atom stereocenters. The number of piperidine rings is 1. The fourth-order valence-electron chi connectivity index (χ4n) is 3.89. The molecule has 2 aliphatic rings. The number of nitrogens with zero attached hydrogens (tertiary/aromatic N) is 1. The van der Waals surface area contributed by atoms with E-state index >= 15 is 0 Å². The Morgan fingerprint density at radius 3 is 2.34 bits per heavy atom. The van der Waals surface area contributed by atoms with Crippen molar-refractivity contribution in [1.29, 1.82) is 0 Å². The first-order valence-corrected chi connectivity index (χ1v) is 12.1. The van der Waals surface area contributed by atoms with Crippen LogP contribution in [-0.4, -0.2) is 56.8 Å². The number of nitrogens with one attached hydrogen (secondary N) is 1. The van der Waals surface area contributed by atoms with Gasteiger partial charge in [-0.1, -0.05) is 24.3 Å². The predicted octanol–water partition coefficient (Wildman–Crippen LogP) is 2.25. The van der Waals surface area contributed by atoms with E-state index < -0.39 is 10.0 Å². The molecular formula is C23H26N2O6S. The molecule has 0 spiro atoms. The number of ether oxygens (including phenoxy) is 2. The summed E-state index contributed by atoms with van der Waals surface area (Å²) >= 11 is 0. The summed E-state index contributed by atoms with van der Waals surface area (Å²) in [5.74, 6) is 0.885. The second-order valence-electron chi connectivity index (χ2n) is 8.00. The molecule has 1 fully saturated rings. The lowest BCUT2D eigenvalue weighted by Gasteiger charge is -2.31. The Morgan fingerprint density at radius 2 is 1.69 bits per heavy atom. The lowest BCUT2D eigenvalue weighted by molar-refractivity contribution is -0.126. The highest BCUT2D eigenvalue weighted by Gasteiger charge is 2.32. The summed E-state index contributed by atoms with van der Waals surface area (Å²) in [5, 5.41) is 2.91. The van der Waals surface area contributed by atoms with E-state index in [0.29, 0.717) is 43.1 Å². The zero-order valence-electron chi connectivity index (χ0n) is 17.8. The molecule has 2 aromatic carbocycles. The monoisotopic (exact) mass is 458 g/mol. The van der Waals surface area contributed by atoms with Gasteiger partial charge in [0.05, 0.1) is 11.4 Å². The van der Waals surface area contributed by atoms with Crippen LogP contribution in [0.1, 0.15) is 30.1 Å². The van der Waals surface area contributed by atoms with Crippen molar-refractivity contribution >= 4 is 21.7 Å². The molecule has 0 unspecified atom stereocenters. The number of Topliss-reactive ketones (excluding diaryl/α,β-unsaturated/α-hetero) is 1. The van der Waals surface area contributed by atoms with Gasteiger partial charge in [-0.3, -0.25) is 9.59 Å². The number of ketones is 1. The van der Waals surface area contributed by atoms with E-state index in [9.17, 15) is 18.0 Å². The molecule has 2 heterocycles. The quantitative estimate of drug-likeness (QED) is 0.666. The smallest absolute Gasteiger partial charge is 0.243 e.